The molecule has 1 N–H and O–H groups in total. The molecule has 1 aliphatic rings. The van der Waals surface area contributed by atoms with E-state index in [0.717, 1.165) is 31.0 Å². The first-order valence-electron chi connectivity index (χ1n) is 7.12. The Labute approximate surface area is 139 Å². The monoisotopic (exact) mass is 403 g/mol. The van der Waals surface area contributed by atoms with Gasteiger partial charge in [-0.1, -0.05) is 0 Å². The molecule has 0 saturated carbocycles. The Morgan fingerprint density at radius 1 is 1.48 bits per heavy atom. The van der Waals surface area contributed by atoms with Crippen molar-refractivity contribution in [1.82, 2.24) is 10.3 Å². The number of hydrogen-bond donors (Lipinski definition) is 1. The summed E-state index contributed by atoms with van der Waals surface area (Å²) in [4.78, 5) is 18.6. The highest BCUT2D eigenvalue weighted by atomic mass is 127. The standard InChI is InChI=1S/C15H22IN3O2/c1-10-12(16)5-6-13(17-10)19-8-7-11(9-19)18-14(20)21-15(2,3)4/h5-6,11H,7-9H2,1-4H3,(H,18,20). The molecule has 1 atom stereocenters. The van der Waals surface area contributed by atoms with Crippen LogP contribution < -0.4 is 10.2 Å². The van der Waals surface area contributed by atoms with Crippen LogP contribution >= 0.6 is 22.6 Å². The third-order valence-electron chi connectivity index (χ3n) is 3.24. The summed E-state index contributed by atoms with van der Waals surface area (Å²) in [6, 6.07) is 4.22. The summed E-state index contributed by atoms with van der Waals surface area (Å²) >= 11 is 2.28. The van der Waals surface area contributed by atoms with Crippen LogP contribution in [-0.4, -0.2) is 35.8 Å². The van der Waals surface area contributed by atoms with Crippen molar-refractivity contribution in [2.45, 2.75) is 45.8 Å². The van der Waals surface area contributed by atoms with Gasteiger partial charge in [0, 0.05) is 16.7 Å². The van der Waals surface area contributed by atoms with Crippen LogP contribution in [0.15, 0.2) is 12.1 Å². The average Bonchev–Trinajstić information content (AvgIpc) is 2.78. The molecule has 1 aliphatic heterocycles. The van der Waals surface area contributed by atoms with Gasteiger partial charge in [-0.25, -0.2) is 9.78 Å². The van der Waals surface area contributed by atoms with Gasteiger partial charge in [0.15, 0.2) is 0 Å². The summed E-state index contributed by atoms with van der Waals surface area (Å²) in [5, 5.41) is 2.93. The molecule has 1 saturated heterocycles. The molecule has 1 unspecified atom stereocenters. The van der Waals surface area contributed by atoms with Crippen molar-refractivity contribution in [1.29, 1.82) is 0 Å². The van der Waals surface area contributed by atoms with E-state index < -0.39 is 5.60 Å². The maximum Gasteiger partial charge on any atom is 0.407 e. The second kappa shape index (κ2) is 6.37. The SMILES string of the molecule is Cc1nc(N2CCC(NC(=O)OC(C)(C)C)C2)ccc1I. The number of ether oxygens (including phenoxy) is 1. The number of anilines is 1. The van der Waals surface area contributed by atoms with Crippen molar-refractivity contribution >= 4 is 34.5 Å². The summed E-state index contributed by atoms with van der Waals surface area (Å²) in [6.45, 7) is 9.28. The first-order chi connectivity index (χ1) is 9.74. The first-order valence-corrected chi connectivity index (χ1v) is 8.20. The topological polar surface area (TPSA) is 54.5 Å². The molecule has 116 valence electrons. The Morgan fingerprint density at radius 2 is 2.19 bits per heavy atom. The van der Waals surface area contributed by atoms with Crippen LogP contribution in [0.5, 0.6) is 0 Å². The van der Waals surface area contributed by atoms with Crippen LogP contribution in [0.25, 0.3) is 0 Å². The van der Waals surface area contributed by atoms with Crippen LogP contribution in [0.2, 0.25) is 0 Å². The highest BCUT2D eigenvalue weighted by molar-refractivity contribution is 14.1. The van der Waals surface area contributed by atoms with Crippen LogP contribution in [0.3, 0.4) is 0 Å². The minimum absolute atomic E-state index is 0.112. The van der Waals surface area contributed by atoms with E-state index >= 15 is 0 Å². The van der Waals surface area contributed by atoms with Crippen LogP contribution in [0, 0.1) is 10.5 Å². The van der Waals surface area contributed by atoms with Crippen molar-refractivity contribution in [3.05, 3.63) is 21.4 Å². The van der Waals surface area contributed by atoms with Gasteiger partial charge in [0.2, 0.25) is 0 Å². The molecule has 1 amide bonds. The van der Waals surface area contributed by atoms with Gasteiger partial charge in [0.25, 0.3) is 0 Å². The molecule has 21 heavy (non-hydrogen) atoms. The number of carbonyl (C=O) groups excluding carboxylic acids is 1. The minimum atomic E-state index is -0.461. The summed E-state index contributed by atoms with van der Waals surface area (Å²) < 4.78 is 6.46. The summed E-state index contributed by atoms with van der Waals surface area (Å²) in [6.07, 6.45) is 0.562. The third-order valence-corrected chi connectivity index (χ3v) is 4.38. The summed E-state index contributed by atoms with van der Waals surface area (Å²) in [5.41, 5.74) is 0.577. The maximum atomic E-state index is 11.8. The molecule has 1 aromatic rings. The van der Waals surface area contributed by atoms with Gasteiger partial charge >= 0.3 is 6.09 Å². The fraction of sp³-hybridized carbons (Fsp3) is 0.600. The fourth-order valence-electron chi connectivity index (χ4n) is 2.27. The maximum absolute atomic E-state index is 11.8. The molecular weight excluding hydrogens is 381 g/mol. The predicted molar refractivity (Wildman–Crippen MR) is 91.7 cm³/mol. The lowest BCUT2D eigenvalue weighted by molar-refractivity contribution is 0.0509. The predicted octanol–water partition coefficient (Wildman–Crippen LogP) is 3.10. The van der Waals surface area contributed by atoms with E-state index in [-0.39, 0.29) is 12.1 Å². The molecule has 0 radical (unpaired) electrons. The number of nitrogens with one attached hydrogen (secondary N) is 1. The van der Waals surface area contributed by atoms with Gasteiger partial charge in [-0.2, -0.15) is 0 Å². The van der Waals surface area contributed by atoms with E-state index in [1.807, 2.05) is 33.8 Å². The number of pyridine rings is 1. The minimum Gasteiger partial charge on any atom is -0.444 e. The van der Waals surface area contributed by atoms with Crippen molar-refractivity contribution in [2.75, 3.05) is 18.0 Å². The Kier molecular flexibility index (Phi) is 4.95. The highest BCUT2D eigenvalue weighted by Crippen LogP contribution is 2.21. The van der Waals surface area contributed by atoms with Gasteiger partial charge < -0.3 is 15.0 Å². The zero-order chi connectivity index (χ0) is 15.6. The average molecular weight is 403 g/mol. The molecule has 0 aromatic carbocycles. The van der Waals surface area contributed by atoms with Gasteiger partial charge in [-0.3, -0.25) is 0 Å². The number of aryl methyl sites for hydroxylation is 1. The number of rotatable bonds is 2. The van der Waals surface area contributed by atoms with E-state index in [0.29, 0.717) is 0 Å². The smallest absolute Gasteiger partial charge is 0.407 e. The fourth-order valence-corrected chi connectivity index (χ4v) is 2.57. The number of nitrogens with zero attached hydrogens (tertiary/aromatic N) is 2. The third kappa shape index (κ3) is 4.72. The quantitative estimate of drug-likeness (QED) is 0.772. The van der Waals surface area contributed by atoms with Crippen LogP contribution in [-0.2, 0) is 4.74 Å². The van der Waals surface area contributed by atoms with E-state index in [1.54, 1.807) is 0 Å². The number of amides is 1. The number of aromatic nitrogens is 1. The van der Waals surface area contributed by atoms with E-state index in [1.165, 1.54) is 3.57 Å². The first kappa shape index (κ1) is 16.3. The summed E-state index contributed by atoms with van der Waals surface area (Å²) in [5.74, 6) is 0.974. The molecule has 2 rings (SSSR count). The van der Waals surface area contributed by atoms with E-state index in [4.69, 9.17) is 4.74 Å². The zero-order valence-electron chi connectivity index (χ0n) is 12.9. The highest BCUT2D eigenvalue weighted by Gasteiger charge is 2.26. The normalized spacial score (nSPS) is 18.7. The number of carbonyl (C=O) groups is 1. The Hall–Kier alpha value is -1.05. The molecule has 2 heterocycles. The van der Waals surface area contributed by atoms with Crippen LogP contribution in [0.1, 0.15) is 32.9 Å². The largest absolute Gasteiger partial charge is 0.444 e. The van der Waals surface area contributed by atoms with Gasteiger partial charge in [-0.05, 0) is 68.8 Å². The van der Waals surface area contributed by atoms with Gasteiger partial charge in [0.1, 0.15) is 11.4 Å². The van der Waals surface area contributed by atoms with Gasteiger partial charge in [-0.15, -0.1) is 0 Å². The molecular formula is C15H22IN3O2. The summed E-state index contributed by atoms with van der Waals surface area (Å²) in [7, 11) is 0. The Balaban J connectivity index is 1.91. The molecule has 1 fully saturated rings. The number of alkyl carbamates (subject to hydrolysis) is 1. The second-order valence-corrected chi connectivity index (χ2v) is 7.48. The van der Waals surface area contributed by atoms with Crippen molar-refractivity contribution in [3.8, 4) is 0 Å². The number of hydrogen-bond acceptors (Lipinski definition) is 4. The second-order valence-electron chi connectivity index (χ2n) is 6.31. The lowest BCUT2D eigenvalue weighted by atomic mass is 10.2. The van der Waals surface area contributed by atoms with Crippen molar-refractivity contribution in [2.24, 2.45) is 0 Å². The van der Waals surface area contributed by atoms with Crippen LogP contribution in [0.4, 0.5) is 10.6 Å². The van der Waals surface area contributed by atoms with Gasteiger partial charge in [0.05, 0.1) is 11.7 Å². The Morgan fingerprint density at radius 3 is 2.81 bits per heavy atom. The molecule has 0 aliphatic carbocycles. The van der Waals surface area contributed by atoms with Crippen molar-refractivity contribution < 1.29 is 9.53 Å². The Bertz CT molecular complexity index is 528. The molecule has 5 nitrogen and oxygen atoms in total. The zero-order valence-corrected chi connectivity index (χ0v) is 15.1. The molecule has 0 spiro atoms. The number of halogens is 1. The lowest BCUT2D eigenvalue weighted by Crippen LogP contribution is -2.40. The van der Waals surface area contributed by atoms with E-state index in [2.05, 4.69) is 43.9 Å². The van der Waals surface area contributed by atoms with Crippen molar-refractivity contribution in [3.63, 3.8) is 0 Å². The lowest BCUT2D eigenvalue weighted by Gasteiger charge is -2.22. The molecule has 6 heteroatoms. The molecule has 1 aromatic heterocycles. The van der Waals surface area contributed by atoms with E-state index in [9.17, 15) is 4.79 Å². The molecule has 0 bridgehead atoms.